The summed E-state index contributed by atoms with van der Waals surface area (Å²) in [7, 11) is 0. The molecular formula is C24H26N4O2S. The minimum absolute atomic E-state index is 0.205. The number of nitrogens with zero attached hydrogens (tertiary/aromatic N) is 3. The first-order chi connectivity index (χ1) is 14.8. The number of aromatic nitrogens is 2. The molecule has 0 radical (unpaired) electrons. The number of carbonyl (C=O) groups excluding carboxylic acids is 2. The fourth-order valence-electron chi connectivity index (χ4n) is 3.88. The Labute approximate surface area is 186 Å². The summed E-state index contributed by atoms with van der Waals surface area (Å²) in [5.41, 5.74) is 4.24. The number of hydrogen-bond acceptors (Lipinski definition) is 4. The maximum atomic E-state index is 13.4. The van der Waals surface area contributed by atoms with Crippen LogP contribution >= 0.6 is 11.8 Å². The van der Waals surface area contributed by atoms with E-state index >= 15 is 0 Å². The highest BCUT2D eigenvalue weighted by atomic mass is 32.2. The molecule has 2 amide bonds. The van der Waals surface area contributed by atoms with Crippen molar-refractivity contribution in [3.63, 3.8) is 0 Å². The van der Waals surface area contributed by atoms with Crippen LogP contribution in [0.2, 0.25) is 0 Å². The van der Waals surface area contributed by atoms with Gasteiger partial charge in [-0.15, -0.1) is 0 Å². The number of fused-ring (bicyclic) bond motifs is 1. The second-order valence-corrected chi connectivity index (χ2v) is 9.26. The number of hydrogen-bond donors (Lipinski definition) is 1. The molecule has 6 nitrogen and oxygen atoms in total. The van der Waals surface area contributed by atoms with Crippen molar-refractivity contribution in [2.75, 3.05) is 16.8 Å². The van der Waals surface area contributed by atoms with Crippen LogP contribution in [0.3, 0.4) is 0 Å². The number of benzene rings is 2. The number of aryl methyl sites for hydroxylation is 1. The van der Waals surface area contributed by atoms with Gasteiger partial charge in [0.15, 0.2) is 4.75 Å². The van der Waals surface area contributed by atoms with Gasteiger partial charge in [0.2, 0.25) is 5.91 Å². The summed E-state index contributed by atoms with van der Waals surface area (Å²) in [5.74, 6) is -0.538. The fraction of sp³-hybridized carbons (Fsp3) is 0.292. The lowest BCUT2D eigenvalue weighted by atomic mass is 10.1. The molecule has 1 N–H and O–H groups in total. The fourth-order valence-corrected chi connectivity index (χ4v) is 5.09. The zero-order valence-corrected chi connectivity index (χ0v) is 19.0. The summed E-state index contributed by atoms with van der Waals surface area (Å²) < 4.78 is 0.622. The molecule has 1 aliphatic rings. The lowest BCUT2D eigenvalue weighted by Crippen LogP contribution is -2.54. The molecule has 0 fully saturated rings. The normalized spacial score (nSPS) is 18.1. The Morgan fingerprint density at radius 1 is 1.10 bits per heavy atom. The molecule has 3 aromatic rings. The minimum atomic E-state index is -1.26. The second kappa shape index (κ2) is 8.23. The van der Waals surface area contributed by atoms with E-state index in [-0.39, 0.29) is 11.8 Å². The molecule has 0 saturated carbocycles. The monoisotopic (exact) mass is 434 g/mol. The molecule has 160 valence electrons. The maximum Gasteiger partial charge on any atom is 0.252 e. The largest absolute Gasteiger partial charge is 0.321 e. The van der Waals surface area contributed by atoms with Gasteiger partial charge in [-0.2, -0.15) is 5.10 Å². The minimum Gasteiger partial charge on any atom is -0.321 e. The number of thioether (sulfide) groups is 1. The molecule has 1 aromatic heterocycles. The van der Waals surface area contributed by atoms with Crippen molar-refractivity contribution in [3.8, 4) is 0 Å². The van der Waals surface area contributed by atoms with E-state index in [9.17, 15) is 9.59 Å². The third kappa shape index (κ3) is 3.74. The van der Waals surface area contributed by atoms with Crippen LogP contribution in [0, 0.1) is 13.8 Å². The van der Waals surface area contributed by atoms with Crippen LogP contribution in [-0.2, 0) is 16.1 Å². The van der Waals surface area contributed by atoms with Crippen LogP contribution in [0.15, 0.2) is 59.5 Å². The van der Waals surface area contributed by atoms with Gasteiger partial charge in [-0.25, -0.2) is 0 Å². The number of amides is 2. The molecule has 2 aromatic carbocycles. The summed E-state index contributed by atoms with van der Waals surface area (Å²) in [4.78, 5) is 29.3. The lowest BCUT2D eigenvalue weighted by Gasteiger charge is -2.38. The molecule has 2 heterocycles. The van der Waals surface area contributed by atoms with Crippen LogP contribution in [0.4, 0.5) is 11.4 Å². The van der Waals surface area contributed by atoms with Gasteiger partial charge in [-0.1, -0.05) is 54.2 Å². The molecule has 0 saturated heterocycles. The number of carbonyl (C=O) groups is 2. The van der Waals surface area contributed by atoms with E-state index in [1.807, 2.05) is 80.1 Å². The third-order valence-electron chi connectivity index (χ3n) is 5.67. The predicted octanol–water partition coefficient (Wildman–Crippen LogP) is 4.40. The van der Waals surface area contributed by atoms with Gasteiger partial charge in [0.05, 0.1) is 29.3 Å². The first-order valence-electron chi connectivity index (χ1n) is 10.3. The van der Waals surface area contributed by atoms with Crippen molar-refractivity contribution in [2.45, 2.75) is 43.9 Å². The highest BCUT2D eigenvalue weighted by molar-refractivity contribution is 8.02. The number of para-hydroxylation sites is 1. The highest BCUT2D eigenvalue weighted by Gasteiger charge is 2.49. The summed E-state index contributed by atoms with van der Waals surface area (Å²) in [6.07, 6.45) is 0. The molecule has 0 bridgehead atoms. The SMILES string of the molecule is CCN1C(=O)C(C)(C(=O)Nc2c(C)nn(Cc3ccccc3)c2C)Sc2ccccc21. The Kier molecular flexibility index (Phi) is 5.62. The van der Waals surface area contributed by atoms with Crippen LogP contribution < -0.4 is 10.2 Å². The first-order valence-corrected chi connectivity index (χ1v) is 11.2. The quantitative estimate of drug-likeness (QED) is 0.604. The molecule has 1 atom stereocenters. The van der Waals surface area contributed by atoms with Crippen molar-refractivity contribution in [1.29, 1.82) is 0 Å². The van der Waals surface area contributed by atoms with Crippen molar-refractivity contribution < 1.29 is 9.59 Å². The molecule has 0 spiro atoms. The van der Waals surface area contributed by atoms with E-state index < -0.39 is 4.75 Å². The van der Waals surface area contributed by atoms with Gasteiger partial charge in [-0.3, -0.25) is 14.3 Å². The standard InChI is InChI=1S/C24H26N4O2S/c1-5-27-19-13-9-10-14-20(19)31-24(4,23(27)30)22(29)25-21-16(2)26-28(17(21)3)15-18-11-7-6-8-12-18/h6-14H,5,15H2,1-4H3,(H,25,29). The number of rotatable bonds is 5. The zero-order valence-electron chi connectivity index (χ0n) is 18.2. The highest BCUT2D eigenvalue weighted by Crippen LogP contribution is 2.45. The van der Waals surface area contributed by atoms with E-state index in [2.05, 4.69) is 10.4 Å². The van der Waals surface area contributed by atoms with E-state index in [1.54, 1.807) is 11.8 Å². The lowest BCUT2D eigenvalue weighted by molar-refractivity contribution is -0.128. The van der Waals surface area contributed by atoms with E-state index in [0.717, 1.165) is 27.5 Å². The number of nitrogens with one attached hydrogen (secondary N) is 1. The Morgan fingerprint density at radius 2 is 1.77 bits per heavy atom. The molecule has 7 heteroatoms. The first kappa shape index (κ1) is 21.2. The van der Waals surface area contributed by atoms with Crippen LogP contribution in [-0.4, -0.2) is 32.9 Å². The van der Waals surface area contributed by atoms with Gasteiger partial charge >= 0.3 is 0 Å². The molecule has 4 rings (SSSR count). The van der Waals surface area contributed by atoms with Gasteiger partial charge in [0.25, 0.3) is 5.91 Å². The Morgan fingerprint density at radius 3 is 2.48 bits per heavy atom. The Bertz CT molecular complexity index is 1140. The summed E-state index contributed by atoms with van der Waals surface area (Å²) in [5, 5.41) is 7.62. The van der Waals surface area contributed by atoms with Crippen molar-refractivity contribution >= 4 is 35.0 Å². The van der Waals surface area contributed by atoms with Crippen LogP contribution in [0.5, 0.6) is 0 Å². The van der Waals surface area contributed by atoms with Gasteiger partial charge in [0.1, 0.15) is 0 Å². The van der Waals surface area contributed by atoms with Crippen molar-refractivity contribution in [2.24, 2.45) is 0 Å². The van der Waals surface area contributed by atoms with E-state index in [1.165, 1.54) is 11.8 Å². The average molecular weight is 435 g/mol. The molecule has 1 aliphatic heterocycles. The van der Waals surface area contributed by atoms with E-state index in [0.29, 0.717) is 18.8 Å². The second-order valence-electron chi connectivity index (χ2n) is 7.80. The average Bonchev–Trinajstić information content (AvgIpc) is 3.02. The Hall–Kier alpha value is -3.06. The Balaban J connectivity index is 1.62. The van der Waals surface area contributed by atoms with Gasteiger partial charge in [0, 0.05) is 11.4 Å². The zero-order chi connectivity index (χ0) is 22.2. The number of anilines is 2. The molecule has 31 heavy (non-hydrogen) atoms. The predicted molar refractivity (Wildman–Crippen MR) is 125 cm³/mol. The summed E-state index contributed by atoms with van der Waals surface area (Å²) in [6, 6.07) is 17.8. The summed E-state index contributed by atoms with van der Waals surface area (Å²) >= 11 is 1.30. The molecule has 0 aliphatic carbocycles. The topological polar surface area (TPSA) is 67.2 Å². The van der Waals surface area contributed by atoms with Gasteiger partial charge in [-0.05, 0) is 45.4 Å². The third-order valence-corrected chi connectivity index (χ3v) is 7.00. The van der Waals surface area contributed by atoms with Crippen molar-refractivity contribution in [1.82, 2.24) is 9.78 Å². The van der Waals surface area contributed by atoms with Crippen molar-refractivity contribution in [3.05, 3.63) is 71.5 Å². The summed E-state index contributed by atoms with van der Waals surface area (Å²) in [6.45, 7) is 8.55. The molecular weight excluding hydrogens is 408 g/mol. The van der Waals surface area contributed by atoms with Gasteiger partial charge < -0.3 is 10.2 Å². The van der Waals surface area contributed by atoms with E-state index in [4.69, 9.17) is 0 Å². The smallest absolute Gasteiger partial charge is 0.252 e. The molecule has 1 unspecified atom stereocenters. The maximum absolute atomic E-state index is 13.4. The van der Waals surface area contributed by atoms with Crippen LogP contribution in [0.1, 0.15) is 30.8 Å². The van der Waals surface area contributed by atoms with Crippen LogP contribution in [0.25, 0.3) is 0 Å².